The number of hydrogen-bond donors (Lipinski definition) is 0. The van der Waals surface area contributed by atoms with Gasteiger partial charge in [-0.15, -0.1) is 0 Å². The zero-order valence-corrected chi connectivity index (χ0v) is 17.9. The van der Waals surface area contributed by atoms with E-state index in [0.29, 0.717) is 0 Å². The summed E-state index contributed by atoms with van der Waals surface area (Å²) >= 11 is 0. The number of aromatic nitrogens is 1. The van der Waals surface area contributed by atoms with E-state index in [2.05, 4.69) is 68.2 Å². The van der Waals surface area contributed by atoms with Crippen molar-refractivity contribution in [1.82, 2.24) is 4.98 Å². The van der Waals surface area contributed by atoms with Gasteiger partial charge in [0.15, 0.2) is 0 Å². The molecule has 0 unspecified atom stereocenters. The van der Waals surface area contributed by atoms with Crippen LogP contribution < -0.4 is 0 Å². The second-order valence-electron chi connectivity index (χ2n) is 9.32. The van der Waals surface area contributed by atoms with Gasteiger partial charge in [0.1, 0.15) is 17.0 Å². The molecule has 0 aliphatic heterocycles. The van der Waals surface area contributed by atoms with Gasteiger partial charge in [-0.25, -0.2) is 4.39 Å². The number of nitrogens with zero attached hydrogens (tertiary/aromatic N) is 1. The molecule has 5 aromatic rings. The van der Waals surface area contributed by atoms with Crippen LogP contribution in [0.4, 0.5) is 4.39 Å². The minimum absolute atomic E-state index is 0.226. The second kappa shape index (κ2) is 7.35. The lowest BCUT2D eigenvalue weighted by Crippen LogP contribution is -2.09. The maximum atomic E-state index is 13.3. The summed E-state index contributed by atoms with van der Waals surface area (Å²) in [5, 5.41) is 2.15. The fourth-order valence-electron chi connectivity index (χ4n) is 4.11. The lowest BCUT2D eigenvalue weighted by Gasteiger charge is -2.18. The number of rotatable bonds is 3. The summed E-state index contributed by atoms with van der Waals surface area (Å²) in [5.74, 6) is -0.235. The third-order valence-electron chi connectivity index (χ3n) is 5.51. The highest BCUT2D eigenvalue weighted by molar-refractivity contribution is 6.06. The maximum Gasteiger partial charge on any atom is 0.136 e. The van der Waals surface area contributed by atoms with Crippen molar-refractivity contribution in [1.29, 1.82) is 0 Å². The molecule has 2 nitrogen and oxygen atoms in total. The van der Waals surface area contributed by atoms with Gasteiger partial charge in [0.25, 0.3) is 0 Å². The molecule has 0 aliphatic carbocycles. The molecule has 0 saturated heterocycles. The first kappa shape index (κ1) is 19.5. The van der Waals surface area contributed by atoms with Crippen molar-refractivity contribution in [3.63, 3.8) is 0 Å². The monoisotopic (exact) mass is 409 g/mol. The fourth-order valence-corrected chi connectivity index (χ4v) is 4.11. The summed E-state index contributed by atoms with van der Waals surface area (Å²) < 4.78 is 19.5. The summed E-state index contributed by atoms with van der Waals surface area (Å²) in [6.07, 6.45) is 2.88. The van der Waals surface area contributed by atoms with Crippen LogP contribution in [0.1, 0.15) is 26.3 Å². The first-order valence-corrected chi connectivity index (χ1v) is 10.5. The lowest BCUT2D eigenvalue weighted by atomic mass is 9.88. The Morgan fingerprint density at radius 1 is 0.742 bits per heavy atom. The van der Waals surface area contributed by atoms with E-state index in [-0.39, 0.29) is 11.2 Å². The van der Waals surface area contributed by atoms with Gasteiger partial charge in [-0.2, -0.15) is 0 Å². The highest BCUT2D eigenvalue weighted by atomic mass is 19.1. The van der Waals surface area contributed by atoms with Gasteiger partial charge in [-0.3, -0.25) is 4.98 Å². The molecular weight excluding hydrogens is 385 g/mol. The molecule has 3 heteroatoms. The molecule has 154 valence electrons. The van der Waals surface area contributed by atoms with Crippen LogP contribution in [0.2, 0.25) is 0 Å². The predicted molar refractivity (Wildman–Crippen MR) is 126 cm³/mol. The molecule has 0 bridgehead atoms. The molecule has 2 heterocycles. The third-order valence-corrected chi connectivity index (χ3v) is 5.51. The summed E-state index contributed by atoms with van der Waals surface area (Å²) in [5.41, 5.74) is 7.13. The van der Waals surface area contributed by atoms with Gasteiger partial charge in [-0.05, 0) is 77.1 Å². The van der Waals surface area contributed by atoms with E-state index in [1.807, 2.05) is 12.3 Å². The van der Waals surface area contributed by atoms with E-state index in [4.69, 9.17) is 4.42 Å². The van der Waals surface area contributed by atoms with Crippen LogP contribution in [0.5, 0.6) is 0 Å². The Morgan fingerprint density at radius 2 is 1.35 bits per heavy atom. The van der Waals surface area contributed by atoms with Crippen LogP contribution in [0.15, 0.2) is 83.4 Å². The van der Waals surface area contributed by atoms with E-state index in [1.54, 1.807) is 12.1 Å². The molecule has 0 N–H and O–H groups in total. The minimum Gasteiger partial charge on any atom is -0.456 e. The molecule has 31 heavy (non-hydrogen) atoms. The molecule has 0 fully saturated rings. The predicted octanol–water partition coefficient (Wildman–Crippen LogP) is 8.04. The van der Waals surface area contributed by atoms with Crippen molar-refractivity contribution < 1.29 is 8.81 Å². The summed E-state index contributed by atoms with van der Waals surface area (Å²) in [6.45, 7) is 6.73. The molecule has 0 atom stereocenters. The second-order valence-corrected chi connectivity index (χ2v) is 9.32. The molecule has 2 aromatic heterocycles. The normalized spacial score (nSPS) is 12.0. The summed E-state index contributed by atoms with van der Waals surface area (Å²) in [4.78, 5) is 4.59. The zero-order valence-electron chi connectivity index (χ0n) is 17.9. The van der Waals surface area contributed by atoms with E-state index >= 15 is 0 Å². The van der Waals surface area contributed by atoms with Gasteiger partial charge in [0.2, 0.25) is 0 Å². The Hall–Kier alpha value is -3.46. The van der Waals surface area contributed by atoms with Gasteiger partial charge in [-0.1, -0.05) is 45.0 Å². The minimum atomic E-state index is -0.235. The largest absolute Gasteiger partial charge is 0.456 e. The van der Waals surface area contributed by atoms with Crippen LogP contribution in [0.3, 0.4) is 0 Å². The van der Waals surface area contributed by atoms with Crippen molar-refractivity contribution >= 4 is 21.9 Å². The van der Waals surface area contributed by atoms with E-state index in [1.165, 1.54) is 17.7 Å². The van der Waals surface area contributed by atoms with Gasteiger partial charge < -0.3 is 4.42 Å². The van der Waals surface area contributed by atoms with Crippen molar-refractivity contribution in [2.75, 3.05) is 0 Å². The van der Waals surface area contributed by atoms with Crippen LogP contribution >= 0.6 is 0 Å². The first-order chi connectivity index (χ1) is 14.9. The molecule has 0 amide bonds. The first-order valence-electron chi connectivity index (χ1n) is 10.5. The topological polar surface area (TPSA) is 26.0 Å². The van der Waals surface area contributed by atoms with Crippen LogP contribution in [0, 0.1) is 11.2 Å². The number of pyridine rings is 1. The van der Waals surface area contributed by atoms with Crippen molar-refractivity contribution in [2.45, 2.75) is 27.2 Å². The Balaban J connectivity index is 1.55. The van der Waals surface area contributed by atoms with E-state index in [0.717, 1.165) is 50.7 Å². The van der Waals surface area contributed by atoms with Crippen LogP contribution in [0.25, 0.3) is 44.3 Å². The Kier molecular flexibility index (Phi) is 4.62. The number of furan rings is 1. The highest BCUT2D eigenvalue weighted by Crippen LogP contribution is 2.34. The Morgan fingerprint density at radius 3 is 2.03 bits per heavy atom. The molecule has 0 radical (unpaired) electrons. The van der Waals surface area contributed by atoms with Gasteiger partial charge in [0, 0.05) is 22.5 Å². The number of halogens is 1. The third kappa shape index (κ3) is 3.96. The van der Waals surface area contributed by atoms with Crippen molar-refractivity contribution in [2.24, 2.45) is 5.41 Å². The smallest absolute Gasteiger partial charge is 0.136 e. The zero-order chi connectivity index (χ0) is 21.6. The van der Waals surface area contributed by atoms with E-state index < -0.39 is 0 Å². The molecule has 0 spiro atoms. The molecule has 5 rings (SSSR count). The van der Waals surface area contributed by atoms with Crippen molar-refractivity contribution in [3.05, 3.63) is 90.4 Å². The van der Waals surface area contributed by atoms with E-state index in [9.17, 15) is 4.39 Å². The molecule has 3 aromatic carbocycles. The quantitative estimate of drug-likeness (QED) is 0.301. The standard InChI is InChI=1S/C28H24FNO/c1-28(2,3)17-18-12-13-30-25(14-18)21-7-11-24-23-10-6-20(15-26(23)31-27(24)16-21)19-4-8-22(29)9-5-19/h4-16H,17H2,1-3H3. The summed E-state index contributed by atoms with van der Waals surface area (Å²) in [7, 11) is 0. The number of fused-ring (bicyclic) bond motifs is 3. The SMILES string of the molecule is CC(C)(C)Cc1ccnc(-c2ccc3c(c2)oc2cc(-c4ccc(F)cc4)ccc23)c1. The van der Waals surface area contributed by atoms with Gasteiger partial charge >= 0.3 is 0 Å². The number of benzene rings is 3. The molecule has 0 saturated carbocycles. The summed E-state index contributed by atoms with van der Waals surface area (Å²) in [6, 6.07) is 23.2. The Bertz CT molecular complexity index is 1390. The fraction of sp³-hybridized carbons (Fsp3) is 0.179. The average Bonchev–Trinajstić information content (AvgIpc) is 3.10. The number of hydrogen-bond acceptors (Lipinski definition) is 2. The molecule has 0 aliphatic rings. The van der Waals surface area contributed by atoms with Crippen LogP contribution in [-0.2, 0) is 6.42 Å². The Labute approximate surface area is 181 Å². The lowest BCUT2D eigenvalue weighted by molar-refractivity contribution is 0.411. The van der Waals surface area contributed by atoms with Gasteiger partial charge in [0.05, 0.1) is 5.69 Å². The molecular formula is C28H24FNO. The average molecular weight is 410 g/mol. The van der Waals surface area contributed by atoms with Crippen molar-refractivity contribution in [3.8, 4) is 22.4 Å². The highest BCUT2D eigenvalue weighted by Gasteiger charge is 2.14. The van der Waals surface area contributed by atoms with Crippen LogP contribution in [-0.4, -0.2) is 4.98 Å². The maximum absolute atomic E-state index is 13.3.